The summed E-state index contributed by atoms with van der Waals surface area (Å²) in [7, 11) is -3.67. The first-order valence-corrected chi connectivity index (χ1v) is 9.94. The third-order valence-electron chi connectivity index (χ3n) is 4.02. The Balaban J connectivity index is 0.00000243. The topological polar surface area (TPSA) is 58.6 Å². The van der Waals surface area contributed by atoms with E-state index in [1.54, 1.807) is 12.1 Å². The zero-order valence-corrected chi connectivity index (χ0v) is 17.0. The molecule has 0 atom stereocenters. The van der Waals surface area contributed by atoms with Crippen molar-refractivity contribution in [3.63, 3.8) is 0 Å². The Labute approximate surface area is 165 Å². The zero-order chi connectivity index (χ0) is 18.0. The fourth-order valence-electron chi connectivity index (χ4n) is 2.91. The van der Waals surface area contributed by atoms with Crippen LogP contribution in [0.3, 0.4) is 0 Å². The maximum Gasteiger partial charge on any atom is 0.246 e. The number of rotatable bonds is 4. The summed E-state index contributed by atoms with van der Waals surface area (Å²) in [6.45, 7) is 6.07. The molecule has 3 rings (SSSR count). The summed E-state index contributed by atoms with van der Waals surface area (Å²) in [4.78, 5) is 0.0982. The van der Waals surface area contributed by atoms with Crippen LogP contribution in [0.5, 0.6) is 11.5 Å². The standard InChI is InChI=1S/C18H21ClN2O3S.ClH/c1-13-9-14(2)11-16(10-13)24-17-4-3-15(19)12-18(17)25(22,23)21-7-5-20-6-8-21;/h3-4,9-12,20H,5-8H2,1-2H3;1H. The Morgan fingerprint density at radius 1 is 1.04 bits per heavy atom. The van der Waals surface area contributed by atoms with Crippen molar-refractivity contribution in [1.82, 2.24) is 9.62 Å². The number of hydrogen-bond acceptors (Lipinski definition) is 4. The van der Waals surface area contributed by atoms with Gasteiger partial charge < -0.3 is 10.1 Å². The summed E-state index contributed by atoms with van der Waals surface area (Å²) in [6.07, 6.45) is 0. The second-order valence-electron chi connectivity index (χ2n) is 6.17. The Hall–Kier alpha value is -1.31. The number of ether oxygens (including phenoxy) is 1. The molecule has 0 bridgehead atoms. The predicted molar refractivity (Wildman–Crippen MR) is 106 cm³/mol. The molecular formula is C18H22Cl2N2O3S. The van der Waals surface area contributed by atoms with Crippen molar-refractivity contribution in [3.05, 3.63) is 52.5 Å². The van der Waals surface area contributed by atoms with E-state index in [9.17, 15) is 8.42 Å². The highest BCUT2D eigenvalue weighted by Gasteiger charge is 2.29. The fraction of sp³-hybridized carbons (Fsp3) is 0.333. The van der Waals surface area contributed by atoms with Crippen LogP contribution in [0.2, 0.25) is 5.02 Å². The van der Waals surface area contributed by atoms with Gasteiger partial charge in [-0.15, -0.1) is 12.4 Å². The molecule has 1 aliphatic heterocycles. The lowest BCUT2D eigenvalue weighted by Gasteiger charge is -2.27. The van der Waals surface area contributed by atoms with E-state index in [-0.39, 0.29) is 23.1 Å². The van der Waals surface area contributed by atoms with Gasteiger partial charge in [0.15, 0.2) is 0 Å². The Morgan fingerprint density at radius 3 is 2.27 bits per heavy atom. The number of piperazine rings is 1. The van der Waals surface area contributed by atoms with Gasteiger partial charge in [-0.1, -0.05) is 17.7 Å². The van der Waals surface area contributed by atoms with Crippen molar-refractivity contribution in [2.45, 2.75) is 18.7 Å². The van der Waals surface area contributed by atoms with Gasteiger partial charge >= 0.3 is 0 Å². The van der Waals surface area contributed by atoms with Crippen molar-refractivity contribution in [3.8, 4) is 11.5 Å². The minimum absolute atomic E-state index is 0. The van der Waals surface area contributed by atoms with Crippen molar-refractivity contribution in [2.24, 2.45) is 0 Å². The molecule has 0 aromatic heterocycles. The first kappa shape index (κ1) is 21.0. The summed E-state index contributed by atoms with van der Waals surface area (Å²) < 4.78 is 33.5. The smallest absolute Gasteiger partial charge is 0.246 e. The molecule has 142 valence electrons. The van der Waals surface area contributed by atoms with Crippen LogP contribution in [0.1, 0.15) is 11.1 Å². The lowest BCUT2D eigenvalue weighted by molar-refractivity contribution is 0.358. The summed E-state index contributed by atoms with van der Waals surface area (Å²) in [5.41, 5.74) is 2.10. The molecule has 1 aliphatic rings. The molecule has 2 aromatic rings. The van der Waals surface area contributed by atoms with E-state index in [0.717, 1.165) is 11.1 Å². The quantitative estimate of drug-likeness (QED) is 0.823. The second-order valence-corrected chi connectivity index (χ2v) is 8.51. The van der Waals surface area contributed by atoms with E-state index < -0.39 is 10.0 Å². The maximum absolute atomic E-state index is 13.0. The van der Waals surface area contributed by atoms with Crippen LogP contribution in [0, 0.1) is 13.8 Å². The highest BCUT2D eigenvalue weighted by atomic mass is 35.5. The molecule has 26 heavy (non-hydrogen) atoms. The van der Waals surface area contributed by atoms with Crippen LogP contribution < -0.4 is 10.1 Å². The molecule has 5 nitrogen and oxygen atoms in total. The van der Waals surface area contributed by atoms with Gasteiger partial charge in [0.05, 0.1) is 0 Å². The highest BCUT2D eigenvalue weighted by molar-refractivity contribution is 7.89. The van der Waals surface area contributed by atoms with Gasteiger partial charge in [-0.25, -0.2) is 8.42 Å². The van der Waals surface area contributed by atoms with E-state index in [0.29, 0.717) is 37.0 Å². The van der Waals surface area contributed by atoms with E-state index in [4.69, 9.17) is 16.3 Å². The van der Waals surface area contributed by atoms with Crippen LogP contribution in [0.15, 0.2) is 41.3 Å². The van der Waals surface area contributed by atoms with E-state index in [2.05, 4.69) is 5.32 Å². The minimum atomic E-state index is -3.67. The van der Waals surface area contributed by atoms with E-state index in [1.165, 1.54) is 10.4 Å². The van der Waals surface area contributed by atoms with Crippen molar-refractivity contribution in [2.75, 3.05) is 26.2 Å². The average Bonchev–Trinajstić information content (AvgIpc) is 2.56. The molecule has 1 heterocycles. The van der Waals surface area contributed by atoms with Gasteiger partial charge in [-0.3, -0.25) is 0 Å². The van der Waals surface area contributed by atoms with Gasteiger partial charge in [0.25, 0.3) is 0 Å². The highest BCUT2D eigenvalue weighted by Crippen LogP contribution is 2.33. The van der Waals surface area contributed by atoms with Gasteiger partial charge in [0.2, 0.25) is 10.0 Å². The number of hydrogen-bond donors (Lipinski definition) is 1. The van der Waals surface area contributed by atoms with Gasteiger partial charge in [-0.2, -0.15) is 4.31 Å². The number of sulfonamides is 1. The van der Waals surface area contributed by atoms with Gasteiger partial charge in [0.1, 0.15) is 16.4 Å². The number of nitrogens with one attached hydrogen (secondary N) is 1. The second kappa shape index (κ2) is 8.59. The summed E-state index contributed by atoms with van der Waals surface area (Å²) in [6, 6.07) is 10.5. The van der Waals surface area contributed by atoms with Crippen molar-refractivity contribution >= 4 is 34.0 Å². The molecule has 0 radical (unpaired) electrons. The Bertz CT molecular complexity index is 862. The monoisotopic (exact) mass is 416 g/mol. The molecule has 1 N–H and O–H groups in total. The molecule has 8 heteroatoms. The van der Waals surface area contributed by atoms with Crippen molar-refractivity contribution in [1.29, 1.82) is 0 Å². The maximum atomic E-state index is 13.0. The lowest BCUT2D eigenvalue weighted by atomic mass is 10.1. The fourth-order valence-corrected chi connectivity index (χ4v) is 4.73. The third-order valence-corrected chi connectivity index (χ3v) is 6.18. The van der Waals surface area contributed by atoms with Crippen molar-refractivity contribution < 1.29 is 13.2 Å². The molecule has 0 amide bonds. The molecule has 0 spiro atoms. The van der Waals surface area contributed by atoms with E-state index >= 15 is 0 Å². The third kappa shape index (κ3) is 4.69. The summed E-state index contributed by atoms with van der Waals surface area (Å²) in [5, 5.41) is 3.52. The van der Waals surface area contributed by atoms with Crippen LogP contribution in [0.4, 0.5) is 0 Å². The SMILES string of the molecule is Cc1cc(C)cc(Oc2ccc(Cl)cc2S(=O)(=O)N2CCNCC2)c1.Cl. The number of aryl methyl sites for hydroxylation is 2. The summed E-state index contributed by atoms with van der Waals surface area (Å²) >= 11 is 6.06. The molecule has 0 saturated carbocycles. The normalized spacial score (nSPS) is 15.3. The molecule has 1 fully saturated rings. The largest absolute Gasteiger partial charge is 0.456 e. The van der Waals surface area contributed by atoms with Gasteiger partial charge in [-0.05, 0) is 55.3 Å². The average molecular weight is 417 g/mol. The Morgan fingerprint density at radius 2 is 1.65 bits per heavy atom. The van der Waals surface area contributed by atoms with Crippen LogP contribution in [-0.4, -0.2) is 38.9 Å². The number of nitrogens with zero attached hydrogens (tertiary/aromatic N) is 1. The van der Waals surface area contributed by atoms with E-state index in [1.807, 2.05) is 32.0 Å². The summed E-state index contributed by atoms with van der Waals surface area (Å²) in [5.74, 6) is 0.893. The number of benzene rings is 2. The van der Waals surface area contributed by atoms with Crippen LogP contribution in [-0.2, 0) is 10.0 Å². The molecular weight excluding hydrogens is 395 g/mol. The lowest BCUT2D eigenvalue weighted by Crippen LogP contribution is -2.46. The molecule has 0 unspecified atom stereocenters. The first-order valence-electron chi connectivity index (χ1n) is 8.13. The zero-order valence-electron chi connectivity index (χ0n) is 14.7. The Kier molecular flexibility index (Phi) is 6.93. The molecule has 2 aromatic carbocycles. The van der Waals surface area contributed by atoms with Crippen LogP contribution >= 0.6 is 24.0 Å². The molecule has 0 aliphatic carbocycles. The number of halogens is 2. The van der Waals surface area contributed by atoms with Gasteiger partial charge in [0, 0.05) is 31.2 Å². The molecule has 1 saturated heterocycles. The van der Waals surface area contributed by atoms with Crippen LogP contribution in [0.25, 0.3) is 0 Å². The first-order chi connectivity index (χ1) is 11.9. The minimum Gasteiger partial charge on any atom is -0.456 e. The predicted octanol–water partition coefficient (Wildman–Crippen LogP) is 3.76.